The minimum atomic E-state index is -0.410. The number of amides is 2. The van der Waals surface area contributed by atoms with Gasteiger partial charge in [0.05, 0.1) is 6.04 Å². The van der Waals surface area contributed by atoms with Crippen molar-refractivity contribution in [1.29, 1.82) is 0 Å². The molecule has 1 heterocycles. The van der Waals surface area contributed by atoms with E-state index in [9.17, 15) is 9.59 Å². The van der Waals surface area contributed by atoms with Gasteiger partial charge in [0.15, 0.2) is 11.6 Å². The highest BCUT2D eigenvalue weighted by Crippen LogP contribution is 2.19. The maximum Gasteiger partial charge on any atom is 0.319 e. The van der Waals surface area contributed by atoms with E-state index < -0.39 is 12.1 Å². The van der Waals surface area contributed by atoms with Crippen LogP contribution >= 0.6 is 11.6 Å². The lowest BCUT2D eigenvalue weighted by atomic mass is 10.1. The monoisotopic (exact) mass is 383 g/mol. The maximum atomic E-state index is 12.2. The molecule has 1 unspecified atom stereocenters. The first-order valence-electron chi connectivity index (χ1n) is 8.29. The van der Waals surface area contributed by atoms with Crippen LogP contribution in [-0.4, -0.2) is 27.0 Å². The van der Waals surface area contributed by atoms with Gasteiger partial charge in [-0.05, 0) is 50.2 Å². The van der Waals surface area contributed by atoms with Gasteiger partial charge in [0, 0.05) is 21.8 Å². The van der Waals surface area contributed by atoms with Crippen LogP contribution in [0.15, 0.2) is 48.5 Å². The van der Waals surface area contributed by atoms with Gasteiger partial charge >= 0.3 is 6.03 Å². The van der Waals surface area contributed by atoms with Crippen molar-refractivity contribution >= 4 is 29.1 Å². The first kappa shape index (κ1) is 18.6. The summed E-state index contributed by atoms with van der Waals surface area (Å²) in [5, 5.41) is 13.1. The molecule has 2 aromatic carbocycles. The predicted molar refractivity (Wildman–Crippen MR) is 104 cm³/mol. The number of Topliss-reactive ketones (excluding diaryl/α,β-unsaturated/α-hetero) is 1. The Morgan fingerprint density at radius 3 is 2.59 bits per heavy atom. The molecule has 3 aromatic rings. The molecule has 1 atom stereocenters. The van der Waals surface area contributed by atoms with Crippen LogP contribution in [0.25, 0.3) is 11.4 Å². The third kappa shape index (κ3) is 4.71. The number of rotatable bonds is 5. The van der Waals surface area contributed by atoms with E-state index in [1.165, 1.54) is 6.92 Å². The van der Waals surface area contributed by atoms with Crippen LogP contribution in [0, 0.1) is 0 Å². The molecule has 0 aliphatic carbocycles. The van der Waals surface area contributed by atoms with Crippen molar-refractivity contribution < 1.29 is 9.59 Å². The van der Waals surface area contributed by atoms with Gasteiger partial charge in [-0.2, -0.15) is 5.10 Å². The first-order chi connectivity index (χ1) is 12.9. The summed E-state index contributed by atoms with van der Waals surface area (Å²) in [7, 11) is 0. The molecule has 0 bridgehead atoms. The molecule has 0 aliphatic rings. The van der Waals surface area contributed by atoms with Gasteiger partial charge in [0.25, 0.3) is 0 Å². The molecular weight excluding hydrogens is 366 g/mol. The molecule has 3 N–H and O–H groups in total. The number of aromatic nitrogens is 3. The van der Waals surface area contributed by atoms with Gasteiger partial charge < -0.3 is 10.6 Å². The predicted octanol–water partition coefficient (Wildman–Crippen LogP) is 4.21. The number of nitrogens with zero attached hydrogens (tertiary/aromatic N) is 2. The lowest BCUT2D eigenvalue weighted by molar-refractivity contribution is 0.101. The molecule has 0 spiro atoms. The van der Waals surface area contributed by atoms with Crippen LogP contribution in [-0.2, 0) is 0 Å². The summed E-state index contributed by atoms with van der Waals surface area (Å²) in [6.07, 6.45) is 0. The number of carbonyl (C=O) groups is 2. The van der Waals surface area contributed by atoms with E-state index in [2.05, 4.69) is 25.8 Å². The fourth-order valence-corrected chi connectivity index (χ4v) is 2.57. The van der Waals surface area contributed by atoms with Crippen molar-refractivity contribution in [3.63, 3.8) is 0 Å². The van der Waals surface area contributed by atoms with Gasteiger partial charge in [-0.3, -0.25) is 9.89 Å². The van der Waals surface area contributed by atoms with Gasteiger partial charge in [-0.25, -0.2) is 9.78 Å². The Labute approximate surface area is 161 Å². The summed E-state index contributed by atoms with van der Waals surface area (Å²) in [6.45, 7) is 3.27. The smallest absolute Gasteiger partial charge is 0.319 e. The third-order valence-electron chi connectivity index (χ3n) is 3.89. The number of anilines is 1. The van der Waals surface area contributed by atoms with E-state index in [0.29, 0.717) is 27.9 Å². The molecule has 27 heavy (non-hydrogen) atoms. The Morgan fingerprint density at radius 1 is 1.15 bits per heavy atom. The average Bonchev–Trinajstić information content (AvgIpc) is 3.12. The van der Waals surface area contributed by atoms with Gasteiger partial charge in [0.2, 0.25) is 0 Å². The number of hydrogen-bond acceptors (Lipinski definition) is 4. The van der Waals surface area contributed by atoms with Gasteiger partial charge in [-0.15, -0.1) is 0 Å². The number of urea groups is 1. The normalized spacial score (nSPS) is 11.7. The Balaban J connectivity index is 1.64. The van der Waals surface area contributed by atoms with Crippen LogP contribution in [0.4, 0.5) is 10.5 Å². The van der Waals surface area contributed by atoms with Crippen LogP contribution in [0.1, 0.15) is 36.1 Å². The molecule has 0 saturated heterocycles. The van der Waals surface area contributed by atoms with Crippen molar-refractivity contribution in [2.45, 2.75) is 19.9 Å². The van der Waals surface area contributed by atoms with Crippen LogP contribution in [0.2, 0.25) is 5.02 Å². The lowest BCUT2D eigenvalue weighted by Gasteiger charge is -2.12. The molecule has 0 saturated carbocycles. The summed E-state index contributed by atoms with van der Waals surface area (Å²) in [5.74, 6) is 0.973. The first-order valence-corrected chi connectivity index (χ1v) is 8.67. The summed E-state index contributed by atoms with van der Waals surface area (Å²) in [5.41, 5.74) is 1.88. The highest BCUT2D eigenvalue weighted by atomic mass is 35.5. The van der Waals surface area contributed by atoms with Crippen molar-refractivity contribution in [2.24, 2.45) is 0 Å². The van der Waals surface area contributed by atoms with E-state index >= 15 is 0 Å². The summed E-state index contributed by atoms with van der Waals surface area (Å²) in [4.78, 5) is 28.0. The van der Waals surface area contributed by atoms with E-state index in [1.54, 1.807) is 43.3 Å². The fourth-order valence-electron chi connectivity index (χ4n) is 2.44. The summed E-state index contributed by atoms with van der Waals surface area (Å²) in [6, 6.07) is 13.1. The maximum absolute atomic E-state index is 12.2. The summed E-state index contributed by atoms with van der Waals surface area (Å²) >= 11 is 5.88. The molecule has 138 valence electrons. The number of hydrogen-bond donors (Lipinski definition) is 3. The highest BCUT2D eigenvalue weighted by Gasteiger charge is 2.15. The molecular formula is C19H18ClN5O2. The number of carbonyl (C=O) groups excluding carboxylic acids is 2. The molecule has 3 rings (SSSR count). The van der Waals surface area contributed by atoms with Crippen molar-refractivity contribution in [3.05, 3.63) is 64.9 Å². The van der Waals surface area contributed by atoms with E-state index in [1.807, 2.05) is 12.1 Å². The van der Waals surface area contributed by atoms with Gasteiger partial charge in [0.1, 0.15) is 5.82 Å². The Hall–Kier alpha value is -3.19. The number of aromatic amines is 1. The molecule has 0 radical (unpaired) electrons. The van der Waals surface area contributed by atoms with Crippen molar-refractivity contribution in [3.8, 4) is 11.4 Å². The molecule has 0 fully saturated rings. The Bertz CT molecular complexity index is 968. The zero-order chi connectivity index (χ0) is 19.4. The van der Waals surface area contributed by atoms with Gasteiger partial charge in [-0.1, -0.05) is 23.7 Å². The minimum Gasteiger partial charge on any atom is -0.328 e. The zero-order valence-corrected chi connectivity index (χ0v) is 15.5. The quantitative estimate of drug-likeness (QED) is 0.574. The van der Waals surface area contributed by atoms with E-state index in [0.717, 1.165) is 5.56 Å². The SMILES string of the molecule is CC(=O)c1cccc(NC(=O)NC(C)c2nc(-c3ccc(Cl)cc3)n[nH]2)c1. The topological polar surface area (TPSA) is 99.8 Å². The highest BCUT2D eigenvalue weighted by molar-refractivity contribution is 6.30. The lowest BCUT2D eigenvalue weighted by Crippen LogP contribution is -2.31. The zero-order valence-electron chi connectivity index (χ0n) is 14.8. The number of H-pyrrole nitrogens is 1. The largest absolute Gasteiger partial charge is 0.328 e. The third-order valence-corrected chi connectivity index (χ3v) is 4.14. The van der Waals surface area contributed by atoms with E-state index in [-0.39, 0.29) is 5.78 Å². The summed E-state index contributed by atoms with van der Waals surface area (Å²) < 4.78 is 0. The van der Waals surface area contributed by atoms with Crippen molar-refractivity contribution in [2.75, 3.05) is 5.32 Å². The average molecular weight is 384 g/mol. The molecule has 8 heteroatoms. The number of halogens is 1. The second-order valence-corrected chi connectivity index (χ2v) is 6.44. The Kier molecular flexibility index (Phi) is 5.52. The number of benzene rings is 2. The number of nitrogens with one attached hydrogen (secondary N) is 3. The minimum absolute atomic E-state index is 0.0659. The molecule has 0 aliphatic heterocycles. The Morgan fingerprint density at radius 2 is 1.89 bits per heavy atom. The van der Waals surface area contributed by atoms with E-state index in [4.69, 9.17) is 11.6 Å². The molecule has 2 amide bonds. The number of ketones is 1. The van der Waals surface area contributed by atoms with Crippen LogP contribution < -0.4 is 10.6 Å². The molecule has 7 nitrogen and oxygen atoms in total. The van der Waals surface area contributed by atoms with Crippen LogP contribution in [0.5, 0.6) is 0 Å². The standard InChI is InChI=1S/C19H18ClN5O2/c1-11(17-23-18(25-24-17)13-6-8-15(20)9-7-13)21-19(27)22-16-5-3-4-14(10-16)12(2)26/h3-11H,1-2H3,(H2,21,22,27)(H,23,24,25). The molecule has 1 aromatic heterocycles. The van der Waals surface area contributed by atoms with Crippen molar-refractivity contribution in [1.82, 2.24) is 20.5 Å². The second-order valence-electron chi connectivity index (χ2n) is 6.01. The fraction of sp³-hybridized carbons (Fsp3) is 0.158. The van der Waals surface area contributed by atoms with Crippen LogP contribution in [0.3, 0.4) is 0 Å². The second kappa shape index (κ2) is 8.01.